The molecular weight excluding hydrogens is 532 g/mol. The monoisotopic (exact) mass is 572 g/mol. The Labute approximate surface area is 246 Å². The molecule has 0 radical (unpaired) electrons. The molecule has 4 aromatic rings. The number of imidazole rings is 1. The van der Waals surface area contributed by atoms with Crippen LogP contribution in [0.5, 0.6) is 5.75 Å². The maximum atomic E-state index is 12.7. The first-order valence-electron chi connectivity index (χ1n) is 14.9. The molecule has 42 heavy (non-hydrogen) atoms. The summed E-state index contributed by atoms with van der Waals surface area (Å²) in [4.78, 5) is 24.6. The summed E-state index contributed by atoms with van der Waals surface area (Å²) in [5.74, 6) is 2.98. The van der Waals surface area contributed by atoms with Crippen LogP contribution in [-0.2, 0) is 16.1 Å². The average molecular weight is 573 g/mol. The Morgan fingerprint density at radius 1 is 1.17 bits per heavy atom. The summed E-state index contributed by atoms with van der Waals surface area (Å²) in [6, 6.07) is 8.67. The zero-order chi connectivity index (χ0) is 29.6. The predicted molar refractivity (Wildman–Crippen MR) is 159 cm³/mol. The van der Waals surface area contributed by atoms with Crippen molar-refractivity contribution in [1.82, 2.24) is 39.0 Å². The summed E-state index contributed by atoms with van der Waals surface area (Å²) in [7, 11) is 0. The van der Waals surface area contributed by atoms with Crippen molar-refractivity contribution in [3.8, 4) is 39.9 Å². The summed E-state index contributed by atoms with van der Waals surface area (Å²) >= 11 is 0. The first-order valence-corrected chi connectivity index (χ1v) is 14.9. The molecule has 1 aromatic carbocycles. The van der Waals surface area contributed by atoms with E-state index in [1.807, 2.05) is 50.8 Å². The number of rotatable bonds is 7. The molecule has 222 valence electrons. The molecule has 0 saturated carbocycles. The van der Waals surface area contributed by atoms with Crippen molar-refractivity contribution in [2.75, 3.05) is 26.3 Å². The van der Waals surface area contributed by atoms with E-state index in [2.05, 4.69) is 56.3 Å². The number of esters is 1. The highest BCUT2D eigenvalue weighted by Crippen LogP contribution is 2.38. The summed E-state index contributed by atoms with van der Waals surface area (Å²) < 4.78 is 17.8. The standard InChI is InChI=1S/C31H40N8O3/c1-7-41-30(40)31(5,6)37-14-8-9-23(18-37)39-26(12-13-32-39)22-10-11-24-27(17-22)42-16-15-36-19-25(34-28(24)36)29-33-21(4)35-38(29)20(2)3/h10-13,17,19-20,23H,7-9,14-16,18H2,1-6H3. The smallest absolute Gasteiger partial charge is 0.325 e. The molecule has 1 unspecified atom stereocenters. The van der Waals surface area contributed by atoms with Crippen LogP contribution >= 0.6 is 0 Å². The molecule has 3 aromatic heterocycles. The van der Waals surface area contributed by atoms with E-state index < -0.39 is 5.54 Å². The number of carbonyl (C=O) groups excluding carboxylic acids is 1. The van der Waals surface area contributed by atoms with Crippen molar-refractivity contribution >= 4 is 5.97 Å². The van der Waals surface area contributed by atoms with E-state index in [4.69, 9.17) is 19.6 Å². The van der Waals surface area contributed by atoms with Crippen molar-refractivity contribution in [2.45, 2.75) is 78.6 Å². The number of carbonyl (C=O) groups is 1. The lowest BCUT2D eigenvalue weighted by Crippen LogP contribution is -2.54. The van der Waals surface area contributed by atoms with Crippen LogP contribution in [-0.4, -0.2) is 76.8 Å². The zero-order valence-corrected chi connectivity index (χ0v) is 25.4. The van der Waals surface area contributed by atoms with Gasteiger partial charge >= 0.3 is 5.97 Å². The molecule has 1 saturated heterocycles. The molecule has 6 rings (SSSR count). The van der Waals surface area contributed by atoms with Crippen LogP contribution in [0.3, 0.4) is 0 Å². The quantitative estimate of drug-likeness (QED) is 0.287. The molecule has 0 amide bonds. The molecule has 0 N–H and O–H groups in total. The van der Waals surface area contributed by atoms with Gasteiger partial charge in [0.15, 0.2) is 5.82 Å². The number of hydrogen-bond donors (Lipinski definition) is 0. The van der Waals surface area contributed by atoms with Gasteiger partial charge in [0.1, 0.15) is 35.2 Å². The lowest BCUT2D eigenvalue weighted by atomic mass is 9.96. The first kappa shape index (κ1) is 28.1. The topological polar surface area (TPSA) is 105 Å². The first-order chi connectivity index (χ1) is 20.2. The average Bonchev–Trinajstić information content (AvgIpc) is 3.70. The van der Waals surface area contributed by atoms with Crippen LogP contribution in [0, 0.1) is 6.92 Å². The molecular formula is C31H40N8O3. The van der Waals surface area contributed by atoms with Crippen molar-refractivity contribution < 1.29 is 14.3 Å². The predicted octanol–water partition coefficient (Wildman–Crippen LogP) is 4.93. The Balaban J connectivity index is 1.30. The Morgan fingerprint density at radius 3 is 2.79 bits per heavy atom. The van der Waals surface area contributed by atoms with Gasteiger partial charge < -0.3 is 14.0 Å². The summed E-state index contributed by atoms with van der Waals surface area (Å²) in [6.45, 7) is 15.0. The second-order valence-corrected chi connectivity index (χ2v) is 11.9. The molecule has 1 fully saturated rings. The van der Waals surface area contributed by atoms with Gasteiger partial charge in [-0.2, -0.15) is 10.2 Å². The van der Waals surface area contributed by atoms with E-state index in [9.17, 15) is 4.79 Å². The number of likely N-dealkylation sites (tertiary alicyclic amines) is 1. The Hall–Kier alpha value is -3.99. The lowest BCUT2D eigenvalue weighted by molar-refractivity contribution is -0.157. The van der Waals surface area contributed by atoms with Crippen molar-refractivity contribution in [3.05, 3.63) is 42.5 Å². The number of benzene rings is 1. The van der Waals surface area contributed by atoms with E-state index in [1.165, 1.54) is 0 Å². The lowest BCUT2D eigenvalue weighted by Gasteiger charge is -2.42. The van der Waals surface area contributed by atoms with Crippen LogP contribution in [0.4, 0.5) is 0 Å². The largest absolute Gasteiger partial charge is 0.491 e. The second kappa shape index (κ2) is 11.0. The zero-order valence-electron chi connectivity index (χ0n) is 25.4. The number of aryl methyl sites for hydroxylation is 1. The van der Waals surface area contributed by atoms with Crippen LogP contribution in [0.2, 0.25) is 0 Å². The highest BCUT2D eigenvalue weighted by Gasteiger charge is 2.39. The van der Waals surface area contributed by atoms with E-state index in [-0.39, 0.29) is 18.1 Å². The minimum absolute atomic E-state index is 0.139. The van der Waals surface area contributed by atoms with Gasteiger partial charge in [-0.25, -0.2) is 14.6 Å². The van der Waals surface area contributed by atoms with Crippen LogP contribution in [0.25, 0.3) is 34.2 Å². The van der Waals surface area contributed by atoms with E-state index >= 15 is 0 Å². The molecule has 0 aliphatic carbocycles. The maximum absolute atomic E-state index is 12.7. The van der Waals surface area contributed by atoms with Gasteiger partial charge in [-0.3, -0.25) is 14.4 Å². The van der Waals surface area contributed by atoms with Gasteiger partial charge in [0, 0.05) is 30.5 Å². The normalized spacial score (nSPS) is 17.5. The fraction of sp³-hybridized carbons (Fsp3) is 0.516. The van der Waals surface area contributed by atoms with Crippen LogP contribution in [0.15, 0.2) is 36.7 Å². The van der Waals surface area contributed by atoms with Gasteiger partial charge in [0.25, 0.3) is 0 Å². The fourth-order valence-electron chi connectivity index (χ4n) is 6.05. The molecule has 1 atom stereocenters. The van der Waals surface area contributed by atoms with E-state index in [0.717, 1.165) is 71.7 Å². The van der Waals surface area contributed by atoms with Crippen molar-refractivity contribution in [2.24, 2.45) is 0 Å². The number of nitrogens with zero attached hydrogens (tertiary/aromatic N) is 8. The maximum Gasteiger partial charge on any atom is 0.325 e. The third-order valence-electron chi connectivity index (χ3n) is 8.32. The number of ether oxygens (including phenoxy) is 2. The summed E-state index contributed by atoms with van der Waals surface area (Å²) in [5.41, 5.74) is 3.11. The van der Waals surface area contributed by atoms with Gasteiger partial charge in [-0.1, -0.05) is 6.07 Å². The van der Waals surface area contributed by atoms with Crippen LogP contribution < -0.4 is 4.74 Å². The molecule has 11 heteroatoms. The molecule has 5 heterocycles. The Kier molecular flexibility index (Phi) is 7.38. The number of hydrogen-bond acceptors (Lipinski definition) is 8. The molecule has 0 spiro atoms. The minimum Gasteiger partial charge on any atom is -0.491 e. The number of piperidine rings is 1. The second-order valence-electron chi connectivity index (χ2n) is 11.9. The fourth-order valence-corrected chi connectivity index (χ4v) is 6.05. The van der Waals surface area contributed by atoms with Crippen molar-refractivity contribution in [1.29, 1.82) is 0 Å². The molecule has 2 aliphatic rings. The third kappa shape index (κ3) is 4.99. The van der Waals surface area contributed by atoms with Gasteiger partial charge in [-0.05, 0) is 79.1 Å². The number of aromatic nitrogens is 7. The molecule has 2 aliphatic heterocycles. The van der Waals surface area contributed by atoms with E-state index in [1.54, 1.807) is 0 Å². The van der Waals surface area contributed by atoms with Gasteiger partial charge in [0.05, 0.1) is 30.5 Å². The highest BCUT2D eigenvalue weighted by molar-refractivity contribution is 5.80. The van der Waals surface area contributed by atoms with Crippen LogP contribution in [0.1, 0.15) is 65.4 Å². The minimum atomic E-state index is -0.693. The molecule has 0 bridgehead atoms. The highest BCUT2D eigenvalue weighted by atomic mass is 16.5. The summed E-state index contributed by atoms with van der Waals surface area (Å²) in [6.07, 6.45) is 5.87. The Bertz CT molecular complexity index is 1600. The SMILES string of the molecule is CCOC(=O)C(C)(C)N1CCCC(n2nccc2-c2ccc3c(c2)OCCn2cc(-c4nc(C)nn4C(C)C)nc2-3)C1. The van der Waals surface area contributed by atoms with Gasteiger partial charge in [-0.15, -0.1) is 0 Å². The Morgan fingerprint density at radius 2 is 2.00 bits per heavy atom. The van der Waals surface area contributed by atoms with Gasteiger partial charge in [0.2, 0.25) is 0 Å². The number of fused-ring (bicyclic) bond motifs is 3. The summed E-state index contributed by atoms with van der Waals surface area (Å²) in [5, 5.41) is 9.32. The van der Waals surface area contributed by atoms with Crippen molar-refractivity contribution in [3.63, 3.8) is 0 Å². The molecule has 11 nitrogen and oxygen atoms in total. The van der Waals surface area contributed by atoms with E-state index in [0.29, 0.717) is 19.8 Å². The third-order valence-corrected chi connectivity index (χ3v) is 8.32.